The van der Waals surface area contributed by atoms with Gasteiger partial charge >= 0.3 is 0 Å². The van der Waals surface area contributed by atoms with Crippen LogP contribution in [0.2, 0.25) is 0 Å². The van der Waals surface area contributed by atoms with Crippen LogP contribution >= 0.6 is 0 Å². The minimum Gasteiger partial charge on any atom is -0.436 e. The molecule has 4 aromatic rings. The smallest absolute Gasteiger partial charge is 0.257 e. The van der Waals surface area contributed by atoms with Crippen molar-refractivity contribution >= 4 is 22.7 Å². The molecule has 0 bridgehead atoms. The summed E-state index contributed by atoms with van der Waals surface area (Å²) in [5, 5.41) is 2.84. The van der Waals surface area contributed by atoms with E-state index in [-0.39, 0.29) is 5.91 Å². The second-order valence-corrected chi connectivity index (χ2v) is 5.14. The van der Waals surface area contributed by atoms with E-state index >= 15 is 0 Å². The predicted molar refractivity (Wildman–Crippen MR) is 89.4 cm³/mol. The second-order valence-electron chi connectivity index (χ2n) is 5.14. The van der Waals surface area contributed by atoms with Crippen LogP contribution in [0.5, 0.6) is 0 Å². The number of pyridine rings is 2. The van der Waals surface area contributed by atoms with Gasteiger partial charge in [0.15, 0.2) is 5.58 Å². The van der Waals surface area contributed by atoms with Crippen LogP contribution in [0.25, 0.3) is 22.6 Å². The maximum absolute atomic E-state index is 12.2. The first-order valence-electron chi connectivity index (χ1n) is 7.32. The lowest BCUT2D eigenvalue weighted by molar-refractivity contribution is 0.102. The summed E-state index contributed by atoms with van der Waals surface area (Å²) in [5.74, 6) is 0.262. The zero-order valence-electron chi connectivity index (χ0n) is 12.5. The van der Waals surface area contributed by atoms with Crippen LogP contribution in [0.4, 0.5) is 5.69 Å². The van der Waals surface area contributed by atoms with Crippen LogP contribution in [-0.4, -0.2) is 20.9 Å². The fourth-order valence-corrected chi connectivity index (χ4v) is 2.33. The molecule has 3 aromatic heterocycles. The Hall–Kier alpha value is -3.54. The fourth-order valence-electron chi connectivity index (χ4n) is 2.33. The zero-order valence-corrected chi connectivity index (χ0v) is 12.5. The summed E-state index contributed by atoms with van der Waals surface area (Å²) in [6.45, 7) is 0. The molecule has 0 fully saturated rings. The number of nitrogens with zero attached hydrogens (tertiary/aromatic N) is 3. The number of anilines is 1. The van der Waals surface area contributed by atoms with Crippen LogP contribution in [0.3, 0.4) is 0 Å². The third-order valence-electron chi connectivity index (χ3n) is 3.48. The van der Waals surface area contributed by atoms with Gasteiger partial charge in [-0.15, -0.1) is 0 Å². The van der Waals surface area contributed by atoms with Crippen molar-refractivity contribution in [1.29, 1.82) is 0 Å². The van der Waals surface area contributed by atoms with Crippen molar-refractivity contribution in [2.75, 3.05) is 5.32 Å². The highest BCUT2D eigenvalue weighted by Gasteiger charge is 2.10. The van der Waals surface area contributed by atoms with Gasteiger partial charge in [-0.1, -0.05) is 6.07 Å². The van der Waals surface area contributed by atoms with Crippen LogP contribution in [-0.2, 0) is 0 Å². The van der Waals surface area contributed by atoms with Crippen molar-refractivity contribution in [3.8, 4) is 11.5 Å². The molecule has 0 spiro atoms. The highest BCUT2D eigenvalue weighted by molar-refractivity contribution is 6.04. The Morgan fingerprint density at radius 3 is 2.75 bits per heavy atom. The monoisotopic (exact) mass is 316 g/mol. The third kappa shape index (κ3) is 2.72. The van der Waals surface area contributed by atoms with E-state index in [1.807, 2.05) is 24.3 Å². The van der Waals surface area contributed by atoms with E-state index in [0.29, 0.717) is 28.2 Å². The van der Waals surface area contributed by atoms with Gasteiger partial charge in [0.1, 0.15) is 5.52 Å². The summed E-state index contributed by atoms with van der Waals surface area (Å²) < 4.78 is 5.72. The highest BCUT2D eigenvalue weighted by Crippen LogP contribution is 2.25. The first-order valence-corrected chi connectivity index (χ1v) is 7.32. The molecule has 3 heterocycles. The van der Waals surface area contributed by atoms with Gasteiger partial charge in [0, 0.05) is 35.9 Å². The maximum atomic E-state index is 12.2. The van der Waals surface area contributed by atoms with Crippen molar-refractivity contribution in [2.45, 2.75) is 0 Å². The van der Waals surface area contributed by atoms with Crippen LogP contribution in [0, 0.1) is 0 Å². The molecule has 0 aliphatic heterocycles. The van der Waals surface area contributed by atoms with Gasteiger partial charge in [0.25, 0.3) is 5.91 Å². The Bertz CT molecular complexity index is 979. The molecule has 0 saturated heterocycles. The standard InChI is InChI=1S/C18H12N4O2/c23-17(13-4-2-7-19-10-13)21-14-5-1-3-12(9-14)18-22-15-11-20-8-6-16(15)24-18/h1-11H,(H,21,23). The lowest BCUT2D eigenvalue weighted by atomic mass is 10.2. The van der Waals surface area contributed by atoms with Gasteiger partial charge in [0.2, 0.25) is 5.89 Å². The number of oxazole rings is 1. The number of carbonyl (C=O) groups excluding carboxylic acids is 1. The number of nitrogens with one attached hydrogen (secondary N) is 1. The average Bonchev–Trinajstić information content (AvgIpc) is 3.07. The zero-order chi connectivity index (χ0) is 16.4. The Balaban J connectivity index is 1.63. The molecule has 1 aromatic carbocycles. The highest BCUT2D eigenvalue weighted by atomic mass is 16.3. The number of fused-ring (bicyclic) bond motifs is 1. The largest absolute Gasteiger partial charge is 0.436 e. The van der Waals surface area contributed by atoms with E-state index < -0.39 is 0 Å². The number of hydrogen-bond acceptors (Lipinski definition) is 5. The van der Waals surface area contributed by atoms with Gasteiger partial charge < -0.3 is 9.73 Å². The Morgan fingerprint density at radius 2 is 1.92 bits per heavy atom. The van der Waals surface area contributed by atoms with Gasteiger partial charge in [-0.25, -0.2) is 4.98 Å². The number of amides is 1. The summed E-state index contributed by atoms with van der Waals surface area (Å²) in [7, 11) is 0. The van der Waals surface area contributed by atoms with E-state index in [1.54, 1.807) is 36.8 Å². The first-order chi connectivity index (χ1) is 11.8. The molecule has 0 saturated carbocycles. The topological polar surface area (TPSA) is 80.9 Å². The van der Waals surface area contributed by atoms with E-state index in [9.17, 15) is 4.79 Å². The molecular formula is C18H12N4O2. The van der Waals surface area contributed by atoms with Crippen molar-refractivity contribution in [2.24, 2.45) is 0 Å². The molecule has 0 radical (unpaired) electrons. The van der Waals surface area contributed by atoms with Gasteiger partial charge in [-0.2, -0.15) is 0 Å². The van der Waals surface area contributed by atoms with Crippen molar-refractivity contribution in [3.05, 3.63) is 72.8 Å². The number of hydrogen-bond donors (Lipinski definition) is 1. The molecule has 0 aliphatic rings. The molecule has 6 nitrogen and oxygen atoms in total. The minimum absolute atomic E-state index is 0.220. The number of benzene rings is 1. The normalized spacial score (nSPS) is 10.7. The lowest BCUT2D eigenvalue weighted by Gasteiger charge is -2.06. The van der Waals surface area contributed by atoms with Gasteiger partial charge in [-0.3, -0.25) is 14.8 Å². The predicted octanol–water partition coefficient (Wildman–Crippen LogP) is 3.54. The quantitative estimate of drug-likeness (QED) is 0.625. The summed E-state index contributed by atoms with van der Waals surface area (Å²) in [4.78, 5) is 24.6. The van der Waals surface area contributed by atoms with Crippen LogP contribution < -0.4 is 5.32 Å². The maximum Gasteiger partial charge on any atom is 0.257 e. The van der Waals surface area contributed by atoms with E-state index in [4.69, 9.17) is 4.42 Å². The summed E-state index contributed by atoms with van der Waals surface area (Å²) in [6, 6.07) is 12.5. The number of aromatic nitrogens is 3. The van der Waals surface area contributed by atoms with Gasteiger partial charge in [0.05, 0.1) is 11.8 Å². The molecule has 0 atom stereocenters. The Labute approximate surface area is 137 Å². The Kier molecular flexibility index (Phi) is 3.47. The SMILES string of the molecule is O=C(Nc1cccc(-c2nc3cnccc3o2)c1)c1cccnc1. The molecule has 1 N–H and O–H groups in total. The van der Waals surface area contributed by atoms with Crippen molar-refractivity contribution < 1.29 is 9.21 Å². The second kappa shape index (κ2) is 5.92. The first kappa shape index (κ1) is 14.1. The van der Waals surface area contributed by atoms with Crippen molar-refractivity contribution in [3.63, 3.8) is 0 Å². The molecule has 24 heavy (non-hydrogen) atoms. The molecular weight excluding hydrogens is 304 g/mol. The van der Waals surface area contributed by atoms with E-state index in [2.05, 4.69) is 20.3 Å². The summed E-state index contributed by atoms with van der Waals surface area (Å²) >= 11 is 0. The Morgan fingerprint density at radius 1 is 1.00 bits per heavy atom. The van der Waals surface area contributed by atoms with Crippen LogP contribution in [0.1, 0.15) is 10.4 Å². The summed E-state index contributed by atoms with van der Waals surface area (Å²) in [6.07, 6.45) is 6.45. The molecule has 0 aliphatic carbocycles. The van der Waals surface area contributed by atoms with E-state index in [0.717, 1.165) is 5.56 Å². The lowest BCUT2D eigenvalue weighted by Crippen LogP contribution is -2.11. The molecule has 4 rings (SSSR count). The molecule has 6 heteroatoms. The molecule has 0 unspecified atom stereocenters. The summed E-state index contributed by atoms with van der Waals surface area (Å²) in [5.41, 5.74) is 3.29. The number of rotatable bonds is 3. The number of carbonyl (C=O) groups is 1. The molecule has 116 valence electrons. The minimum atomic E-state index is -0.220. The fraction of sp³-hybridized carbons (Fsp3) is 0. The molecule has 1 amide bonds. The average molecular weight is 316 g/mol. The van der Waals surface area contributed by atoms with E-state index in [1.165, 1.54) is 6.20 Å². The third-order valence-corrected chi connectivity index (χ3v) is 3.48. The van der Waals surface area contributed by atoms with Crippen LogP contribution in [0.15, 0.2) is 71.7 Å². The van der Waals surface area contributed by atoms with Crippen molar-refractivity contribution in [1.82, 2.24) is 15.0 Å². The van der Waals surface area contributed by atoms with Gasteiger partial charge in [-0.05, 0) is 30.3 Å².